The van der Waals surface area contributed by atoms with Crippen molar-refractivity contribution in [1.82, 2.24) is 0 Å². The maximum Gasteiger partial charge on any atom is 0.344 e. The summed E-state index contributed by atoms with van der Waals surface area (Å²) in [7, 11) is -9.17. The highest BCUT2D eigenvalue weighted by Crippen LogP contribution is 2.34. The van der Waals surface area contributed by atoms with E-state index in [0.717, 1.165) is 29.5 Å². The summed E-state index contributed by atoms with van der Waals surface area (Å²) in [5, 5.41) is 0.373. The van der Waals surface area contributed by atoms with E-state index in [1.54, 1.807) is 30.3 Å². The Bertz CT molecular complexity index is 1920. The van der Waals surface area contributed by atoms with E-state index in [0.29, 0.717) is 14.7 Å². The van der Waals surface area contributed by atoms with E-state index in [1.807, 2.05) is 38.1 Å². The van der Waals surface area contributed by atoms with Gasteiger partial charge in [0.2, 0.25) is 0 Å². The summed E-state index contributed by atoms with van der Waals surface area (Å²) in [6, 6.07) is 25.2. The van der Waals surface area contributed by atoms with Crippen molar-refractivity contribution in [2.24, 2.45) is 0 Å². The molecule has 0 N–H and O–H groups in total. The van der Waals surface area contributed by atoms with Crippen molar-refractivity contribution in [2.45, 2.75) is 43.4 Å². The number of nitrogens with zero attached hydrogens (tertiary/aromatic N) is 1. The van der Waals surface area contributed by atoms with E-state index in [2.05, 4.69) is 6.92 Å². The Morgan fingerprint density at radius 1 is 0.683 bits per heavy atom. The predicted octanol–water partition coefficient (Wildman–Crippen LogP) is 6.61. The molecule has 0 amide bonds. The van der Waals surface area contributed by atoms with Gasteiger partial charge in [-0.15, -0.1) is 0 Å². The van der Waals surface area contributed by atoms with Crippen LogP contribution in [0.1, 0.15) is 30.0 Å². The van der Waals surface area contributed by atoms with Crippen molar-refractivity contribution >= 4 is 36.7 Å². The standard InChI is InChI=1S/C32H29NO6S2/c1-4-5-24-10-12-25(13-11-24)30-21-26-20-27(14-19-31(26)39-32(30)34)33(40(35,36)28-15-6-22(2)7-16-28)41(37,38)29-17-8-23(3)9-18-29/h6-21H,4-5H2,1-3H3. The molecule has 0 saturated heterocycles. The molecule has 0 atom stereocenters. The van der Waals surface area contributed by atoms with E-state index in [9.17, 15) is 21.6 Å². The molecule has 0 bridgehead atoms. The van der Waals surface area contributed by atoms with Crippen LogP contribution in [0.15, 0.2) is 116 Å². The van der Waals surface area contributed by atoms with Gasteiger partial charge in [-0.3, -0.25) is 0 Å². The molecular weight excluding hydrogens is 558 g/mol. The Hall–Kier alpha value is -4.21. The van der Waals surface area contributed by atoms with Crippen molar-refractivity contribution in [2.75, 3.05) is 3.71 Å². The molecule has 1 heterocycles. The van der Waals surface area contributed by atoms with E-state index in [4.69, 9.17) is 4.42 Å². The Morgan fingerprint density at radius 2 is 1.22 bits per heavy atom. The topological polar surface area (TPSA) is 102 Å². The summed E-state index contributed by atoms with van der Waals surface area (Å²) in [5.41, 5.74) is 3.25. The minimum Gasteiger partial charge on any atom is -0.422 e. The fraction of sp³-hybridized carbons (Fsp3) is 0.156. The molecule has 0 radical (unpaired) electrons. The highest BCUT2D eigenvalue weighted by Gasteiger charge is 2.37. The van der Waals surface area contributed by atoms with Crippen LogP contribution in [0.2, 0.25) is 0 Å². The molecule has 4 aromatic carbocycles. The zero-order valence-corrected chi connectivity index (χ0v) is 24.5. The Morgan fingerprint density at radius 3 is 1.73 bits per heavy atom. The molecule has 210 valence electrons. The summed E-state index contributed by atoms with van der Waals surface area (Å²) in [6.45, 7) is 5.71. The minimum absolute atomic E-state index is 0.114. The van der Waals surface area contributed by atoms with Gasteiger partial charge in [-0.05, 0) is 79.9 Å². The quantitative estimate of drug-likeness (QED) is 0.189. The number of aryl methyl sites for hydroxylation is 3. The van der Waals surface area contributed by atoms with Crippen molar-refractivity contribution in [3.05, 3.63) is 124 Å². The monoisotopic (exact) mass is 587 g/mol. The smallest absolute Gasteiger partial charge is 0.344 e. The molecule has 0 aliphatic rings. The van der Waals surface area contributed by atoms with E-state index < -0.39 is 25.7 Å². The van der Waals surface area contributed by atoms with Gasteiger partial charge < -0.3 is 4.42 Å². The van der Waals surface area contributed by atoms with Crippen LogP contribution in [0, 0.1) is 13.8 Å². The number of anilines is 1. The number of hydrogen-bond acceptors (Lipinski definition) is 6. The van der Waals surface area contributed by atoms with Gasteiger partial charge in [0.1, 0.15) is 5.58 Å². The summed E-state index contributed by atoms with van der Waals surface area (Å²) < 4.78 is 61.9. The van der Waals surface area contributed by atoms with E-state index in [1.165, 1.54) is 42.5 Å². The van der Waals surface area contributed by atoms with Gasteiger partial charge in [-0.1, -0.05) is 73.0 Å². The van der Waals surface area contributed by atoms with Gasteiger partial charge in [0.05, 0.1) is 21.0 Å². The van der Waals surface area contributed by atoms with Crippen LogP contribution in [-0.2, 0) is 26.5 Å². The molecule has 7 nitrogen and oxygen atoms in total. The van der Waals surface area contributed by atoms with Gasteiger partial charge in [0, 0.05) is 5.39 Å². The average Bonchev–Trinajstić information content (AvgIpc) is 2.94. The molecule has 0 aliphatic carbocycles. The summed E-state index contributed by atoms with van der Waals surface area (Å²) >= 11 is 0. The first-order valence-electron chi connectivity index (χ1n) is 13.1. The van der Waals surface area contributed by atoms with Crippen LogP contribution in [0.4, 0.5) is 5.69 Å². The van der Waals surface area contributed by atoms with Crippen LogP contribution < -0.4 is 9.34 Å². The number of fused-ring (bicyclic) bond motifs is 1. The second kappa shape index (κ2) is 11.0. The molecule has 1 aromatic heterocycles. The van der Waals surface area contributed by atoms with Crippen molar-refractivity contribution in [3.8, 4) is 11.1 Å². The van der Waals surface area contributed by atoms with Crippen LogP contribution in [-0.4, -0.2) is 16.8 Å². The van der Waals surface area contributed by atoms with Crippen LogP contribution >= 0.6 is 0 Å². The molecule has 0 saturated carbocycles. The second-order valence-electron chi connectivity index (χ2n) is 9.95. The zero-order valence-electron chi connectivity index (χ0n) is 22.9. The molecule has 9 heteroatoms. The third kappa shape index (κ3) is 5.55. The molecule has 0 aliphatic heterocycles. The Kier molecular flexibility index (Phi) is 7.59. The summed E-state index contributed by atoms with van der Waals surface area (Å²) in [6.07, 6.45) is 1.91. The first-order chi connectivity index (χ1) is 19.5. The highest BCUT2D eigenvalue weighted by molar-refractivity contribution is 8.10. The van der Waals surface area contributed by atoms with Crippen LogP contribution in [0.5, 0.6) is 0 Å². The summed E-state index contributed by atoms with van der Waals surface area (Å²) in [4.78, 5) is 12.5. The SMILES string of the molecule is CCCc1ccc(-c2cc3cc(N(S(=O)(=O)c4ccc(C)cc4)S(=O)(=O)c4ccc(C)cc4)ccc3oc2=O)cc1. The molecule has 41 heavy (non-hydrogen) atoms. The van der Waals surface area contributed by atoms with Gasteiger partial charge in [0.25, 0.3) is 20.0 Å². The maximum atomic E-state index is 14.0. The summed E-state index contributed by atoms with van der Waals surface area (Å²) in [5.74, 6) is 0. The van der Waals surface area contributed by atoms with Crippen molar-refractivity contribution in [1.29, 1.82) is 0 Å². The maximum absolute atomic E-state index is 14.0. The Balaban J connectivity index is 1.70. The fourth-order valence-electron chi connectivity index (χ4n) is 4.58. The fourth-order valence-corrected chi connectivity index (χ4v) is 8.26. The van der Waals surface area contributed by atoms with E-state index >= 15 is 0 Å². The first-order valence-corrected chi connectivity index (χ1v) is 16.0. The second-order valence-corrected chi connectivity index (χ2v) is 13.8. The van der Waals surface area contributed by atoms with Crippen LogP contribution in [0.3, 0.4) is 0 Å². The number of hydrogen-bond donors (Lipinski definition) is 0. The number of sulfonamides is 2. The lowest BCUT2D eigenvalue weighted by atomic mass is 10.0. The van der Waals surface area contributed by atoms with Crippen molar-refractivity contribution in [3.63, 3.8) is 0 Å². The number of rotatable bonds is 8. The molecule has 0 fully saturated rings. The van der Waals surface area contributed by atoms with E-state index in [-0.39, 0.29) is 26.6 Å². The minimum atomic E-state index is -4.58. The van der Waals surface area contributed by atoms with Gasteiger partial charge in [0.15, 0.2) is 0 Å². The molecule has 0 spiro atoms. The lowest BCUT2D eigenvalue weighted by molar-refractivity contribution is 0.563. The van der Waals surface area contributed by atoms with Gasteiger partial charge in [-0.25, -0.2) is 21.6 Å². The third-order valence-electron chi connectivity index (χ3n) is 6.80. The molecule has 5 aromatic rings. The average molecular weight is 588 g/mol. The number of benzene rings is 4. The van der Waals surface area contributed by atoms with Gasteiger partial charge >= 0.3 is 5.63 Å². The largest absolute Gasteiger partial charge is 0.422 e. The van der Waals surface area contributed by atoms with Crippen LogP contribution in [0.25, 0.3) is 22.1 Å². The van der Waals surface area contributed by atoms with Crippen molar-refractivity contribution < 1.29 is 21.3 Å². The lowest BCUT2D eigenvalue weighted by Gasteiger charge is -2.24. The highest BCUT2D eigenvalue weighted by atomic mass is 32.3. The third-order valence-corrected chi connectivity index (χ3v) is 11.0. The zero-order chi connectivity index (χ0) is 29.4. The van der Waals surface area contributed by atoms with Gasteiger partial charge in [-0.2, -0.15) is 3.71 Å². The first kappa shape index (κ1) is 28.3. The Labute approximate surface area is 239 Å². The predicted molar refractivity (Wildman–Crippen MR) is 161 cm³/mol. The molecule has 5 rings (SSSR count). The molecular formula is C32H29NO6S2. The normalized spacial score (nSPS) is 12.0. The lowest BCUT2D eigenvalue weighted by Crippen LogP contribution is -2.37. The molecule has 0 unspecified atom stereocenters.